The predicted octanol–water partition coefficient (Wildman–Crippen LogP) is 3.16. The van der Waals surface area contributed by atoms with Gasteiger partial charge < -0.3 is 14.6 Å². The second-order valence-corrected chi connectivity index (χ2v) is 4.89. The lowest BCUT2D eigenvalue weighted by Gasteiger charge is -2.02. The van der Waals surface area contributed by atoms with Gasteiger partial charge in [0, 0.05) is 6.07 Å². The van der Waals surface area contributed by atoms with E-state index in [0.29, 0.717) is 0 Å². The molecule has 110 valence electrons. The SMILES string of the molecule is O=c1cc(CO)oc(/C=C/c2ccc3ccccc3c2)c1O. The third-order valence-corrected chi connectivity index (χ3v) is 3.36. The van der Waals surface area contributed by atoms with Gasteiger partial charge in [0.2, 0.25) is 11.2 Å². The summed E-state index contributed by atoms with van der Waals surface area (Å²) in [6, 6.07) is 15.0. The molecule has 0 bridgehead atoms. The summed E-state index contributed by atoms with van der Waals surface area (Å²) in [5.41, 5.74) is 0.337. The summed E-state index contributed by atoms with van der Waals surface area (Å²) in [6.07, 6.45) is 3.26. The van der Waals surface area contributed by atoms with Gasteiger partial charge >= 0.3 is 0 Å². The molecule has 0 aliphatic heterocycles. The van der Waals surface area contributed by atoms with E-state index in [-0.39, 0.29) is 11.5 Å². The van der Waals surface area contributed by atoms with Gasteiger partial charge in [0.25, 0.3) is 0 Å². The summed E-state index contributed by atoms with van der Waals surface area (Å²) in [4.78, 5) is 11.6. The molecule has 2 N–H and O–H groups in total. The van der Waals surface area contributed by atoms with Crippen LogP contribution in [0.15, 0.2) is 57.7 Å². The highest BCUT2D eigenvalue weighted by Gasteiger charge is 2.08. The first-order valence-corrected chi connectivity index (χ1v) is 6.81. The number of hydrogen-bond donors (Lipinski definition) is 2. The largest absolute Gasteiger partial charge is 0.502 e. The van der Waals surface area contributed by atoms with Gasteiger partial charge in [0.05, 0.1) is 0 Å². The van der Waals surface area contributed by atoms with Crippen LogP contribution in [-0.4, -0.2) is 10.2 Å². The smallest absolute Gasteiger partial charge is 0.227 e. The number of benzene rings is 2. The van der Waals surface area contributed by atoms with Crippen LogP contribution in [0.25, 0.3) is 22.9 Å². The predicted molar refractivity (Wildman–Crippen MR) is 85.4 cm³/mol. The molecule has 0 saturated heterocycles. The Balaban J connectivity index is 1.99. The first kappa shape index (κ1) is 14.1. The second-order valence-electron chi connectivity index (χ2n) is 4.89. The van der Waals surface area contributed by atoms with Crippen LogP contribution in [0.4, 0.5) is 0 Å². The zero-order valence-corrected chi connectivity index (χ0v) is 11.7. The second kappa shape index (κ2) is 5.87. The van der Waals surface area contributed by atoms with Crippen molar-refractivity contribution in [2.24, 2.45) is 0 Å². The van der Waals surface area contributed by atoms with Crippen LogP contribution in [0.1, 0.15) is 17.1 Å². The van der Waals surface area contributed by atoms with Gasteiger partial charge in [0.15, 0.2) is 5.76 Å². The standard InChI is InChI=1S/C18H14O4/c19-11-15-10-16(20)18(21)17(22-15)8-6-12-5-7-13-3-1-2-4-14(13)9-12/h1-10,19,21H,11H2/b8-6+. The minimum absolute atomic E-state index is 0.0321. The maximum absolute atomic E-state index is 11.6. The Hall–Kier alpha value is -2.85. The number of rotatable bonds is 3. The topological polar surface area (TPSA) is 70.7 Å². The van der Waals surface area contributed by atoms with Crippen molar-refractivity contribution in [3.63, 3.8) is 0 Å². The van der Waals surface area contributed by atoms with E-state index in [1.165, 1.54) is 6.08 Å². The first-order chi connectivity index (χ1) is 10.7. The third kappa shape index (κ3) is 2.77. The summed E-state index contributed by atoms with van der Waals surface area (Å²) in [7, 11) is 0. The molecule has 0 saturated carbocycles. The number of aliphatic hydroxyl groups excluding tert-OH is 1. The molecule has 0 atom stereocenters. The first-order valence-electron chi connectivity index (χ1n) is 6.81. The summed E-state index contributed by atoms with van der Waals surface area (Å²) < 4.78 is 5.26. The molecular weight excluding hydrogens is 280 g/mol. The molecule has 0 amide bonds. The number of aliphatic hydroxyl groups is 1. The van der Waals surface area contributed by atoms with E-state index >= 15 is 0 Å². The van der Waals surface area contributed by atoms with Gasteiger partial charge in [0.1, 0.15) is 12.4 Å². The molecular formula is C18H14O4. The molecule has 4 heteroatoms. The molecule has 2 aromatic carbocycles. The van der Waals surface area contributed by atoms with E-state index in [4.69, 9.17) is 9.52 Å². The quantitative estimate of drug-likeness (QED) is 0.778. The van der Waals surface area contributed by atoms with E-state index in [0.717, 1.165) is 22.4 Å². The third-order valence-electron chi connectivity index (χ3n) is 3.36. The highest BCUT2D eigenvalue weighted by atomic mass is 16.4. The average molecular weight is 294 g/mol. The summed E-state index contributed by atoms with van der Waals surface area (Å²) in [6.45, 7) is -0.396. The number of aromatic hydroxyl groups is 1. The van der Waals surface area contributed by atoms with Crippen LogP contribution in [0.2, 0.25) is 0 Å². The van der Waals surface area contributed by atoms with Crippen molar-refractivity contribution in [2.45, 2.75) is 6.61 Å². The zero-order valence-electron chi connectivity index (χ0n) is 11.7. The monoisotopic (exact) mass is 294 g/mol. The van der Waals surface area contributed by atoms with Gasteiger partial charge in [-0.05, 0) is 28.5 Å². The Kier molecular flexibility index (Phi) is 3.76. The van der Waals surface area contributed by atoms with Crippen LogP contribution in [0.3, 0.4) is 0 Å². The summed E-state index contributed by atoms with van der Waals surface area (Å²) in [5.74, 6) is -0.320. The Morgan fingerprint density at radius 1 is 1.00 bits per heavy atom. The number of hydrogen-bond acceptors (Lipinski definition) is 4. The van der Waals surface area contributed by atoms with Gasteiger partial charge in [-0.3, -0.25) is 4.79 Å². The van der Waals surface area contributed by atoms with Crippen molar-refractivity contribution in [1.82, 2.24) is 0 Å². The Morgan fingerprint density at radius 3 is 2.55 bits per heavy atom. The normalized spacial score (nSPS) is 11.3. The van der Waals surface area contributed by atoms with Gasteiger partial charge in [-0.1, -0.05) is 42.5 Å². The molecule has 3 rings (SSSR count). The fraction of sp³-hybridized carbons (Fsp3) is 0.0556. The lowest BCUT2D eigenvalue weighted by molar-refractivity contribution is 0.240. The minimum atomic E-state index is -0.575. The number of fused-ring (bicyclic) bond motifs is 1. The van der Waals surface area contributed by atoms with Crippen molar-refractivity contribution < 1.29 is 14.6 Å². The molecule has 0 aliphatic carbocycles. The molecule has 1 aromatic heterocycles. The molecule has 0 spiro atoms. The van der Waals surface area contributed by atoms with Crippen LogP contribution in [0, 0.1) is 0 Å². The highest BCUT2D eigenvalue weighted by Crippen LogP contribution is 2.20. The Morgan fingerprint density at radius 2 is 1.77 bits per heavy atom. The Labute approximate surface area is 126 Å². The molecule has 0 aliphatic rings. The van der Waals surface area contributed by atoms with Crippen molar-refractivity contribution in [3.05, 3.63) is 75.8 Å². The van der Waals surface area contributed by atoms with Gasteiger partial charge in [-0.2, -0.15) is 0 Å². The van der Waals surface area contributed by atoms with Crippen LogP contribution in [-0.2, 0) is 6.61 Å². The van der Waals surface area contributed by atoms with Gasteiger partial charge in [-0.15, -0.1) is 0 Å². The van der Waals surface area contributed by atoms with Crippen molar-refractivity contribution in [3.8, 4) is 5.75 Å². The van der Waals surface area contributed by atoms with E-state index in [1.54, 1.807) is 6.08 Å². The summed E-state index contributed by atoms with van der Waals surface area (Å²) in [5, 5.41) is 21.0. The Bertz CT molecular complexity index is 906. The molecule has 1 heterocycles. The van der Waals surface area contributed by atoms with E-state index in [2.05, 4.69) is 0 Å². The minimum Gasteiger partial charge on any atom is -0.502 e. The van der Waals surface area contributed by atoms with Gasteiger partial charge in [-0.25, -0.2) is 0 Å². The molecule has 22 heavy (non-hydrogen) atoms. The van der Waals surface area contributed by atoms with E-state index < -0.39 is 17.8 Å². The van der Waals surface area contributed by atoms with E-state index in [9.17, 15) is 9.90 Å². The highest BCUT2D eigenvalue weighted by molar-refractivity contribution is 5.85. The fourth-order valence-electron chi connectivity index (χ4n) is 2.23. The molecule has 0 fully saturated rings. The van der Waals surface area contributed by atoms with Crippen molar-refractivity contribution in [2.75, 3.05) is 0 Å². The van der Waals surface area contributed by atoms with Crippen LogP contribution < -0.4 is 5.43 Å². The lowest BCUT2D eigenvalue weighted by Crippen LogP contribution is -2.02. The average Bonchev–Trinajstić information content (AvgIpc) is 2.55. The maximum Gasteiger partial charge on any atom is 0.227 e. The molecule has 0 radical (unpaired) electrons. The zero-order chi connectivity index (χ0) is 15.5. The van der Waals surface area contributed by atoms with Crippen LogP contribution in [0.5, 0.6) is 5.75 Å². The molecule has 3 aromatic rings. The van der Waals surface area contributed by atoms with Crippen molar-refractivity contribution >= 4 is 22.9 Å². The lowest BCUT2D eigenvalue weighted by atomic mass is 10.1. The molecule has 0 unspecified atom stereocenters. The van der Waals surface area contributed by atoms with Crippen molar-refractivity contribution in [1.29, 1.82) is 0 Å². The summed E-state index contributed by atoms with van der Waals surface area (Å²) >= 11 is 0. The van der Waals surface area contributed by atoms with Crippen LogP contribution >= 0.6 is 0 Å². The molecule has 4 nitrogen and oxygen atoms in total. The fourth-order valence-corrected chi connectivity index (χ4v) is 2.23. The van der Waals surface area contributed by atoms with E-state index in [1.807, 2.05) is 42.5 Å². The maximum atomic E-state index is 11.6.